The van der Waals surface area contributed by atoms with Gasteiger partial charge >= 0.3 is 12.0 Å². The lowest BCUT2D eigenvalue weighted by Crippen LogP contribution is -2.37. The number of hydrogen-bond acceptors (Lipinski definition) is 7. The topological polar surface area (TPSA) is 119 Å². The highest BCUT2D eigenvalue weighted by Crippen LogP contribution is 2.33. The number of non-ortho nitro benzene ring substituents is 1. The van der Waals surface area contributed by atoms with E-state index in [1.54, 1.807) is 31.2 Å². The van der Waals surface area contributed by atoms with Crippen molar-refractivity contribution in [2.45, 2.75) is 19.4 Å². The molecule has 0 radical (unpaired) electrons. The van der Waals surface area contributed by atoms with Gasteiger partial charge in [0.2, 0.25) is 0 Å². The van der Waals surface area contributed by atoms with Gasteiger partial charge in [-0.2, -0.15) is 0 Å². The maximum Gasteiger partial charge on any atom is 0.336 e. The number of nitrogens with zero attached hydrogens (tertiary/aromatic N) is 3. The molecule has 3 amide bonds. The summed E-state index contributed by atoms with van der Waals surface area (Å²) in [6.45, 7) is 1.77. The first-order valence-electron chi connectivity index (χ1n) is 9.08. The summed E-state index contributed by atoms with van der Waals surface area (Å²) in [6, 6.07) is 9.67. The number of carbonyl (C=O) groups excluding carboxylic acids is 3. The van der Waals surface area contributed by atoms with E-state index in [0.29, 0.717) is 11.4 Å². The van der Waals surface area contributed by atoms with Gasteiger partial charge in [0.25, 0.3) is 11.6 Å². The van der Waals surface area contributed by atoms with Crippen molar-refractivity contribution >= 4 is 35.0 Å². The summed E-state index contributed by atoms with van der Waals surface area (Å²) >= 11 is 0. The van der Waals surface area contributed by atoms with Crippen LogP contribution in [0.4, 0.5) is 21.9 Å². The molecule has 0 aromatic heterocycles. The number of rotatable bonds is 7. The number of esters is 1. The molecular weight excluding hydrogens is 394 g/mol. The normalized spacial score (nSPS) is 16.0. The molecule has 0 spiro atoms. The van der Waals surface area contributed by atoms with E-state index >= 15 is 0 Å². The SMILES string of the molecule is CCOC(=O)CC1C(=O)N(c2ccc(OC)cc2)C(=O)N1c1ccc([N+](=O)[O-])cc1. The highest BCUT2D eigenvalue weighted by molar-refractivity contribution is 6.29. The van der Waals surface area contributed by atoms with Crippen molar-refractivity contribution < 1.29 is 28.8 Å². The van der Waals surface area contributed by atoms with Crippen LogP contribution in [0.1, 0.15) is 13.3 Å². The first-order valence-corrected chi connectivity index (χ1v) is 9.08. The minimum atomic E-state index is -1.14. The smallest absolute Gasteiger partial charge is 0.336 e. The van der Waals surface area contributed by atoms with Crippen molar-refractivity contribution in [3.63, 3.8) is 0 Å². The molecule has 0 aliphatic carbocycles. The van der Waals surface area contributed by atoms with Crippen LogP contribution in [-0.4, -0.2) is 42.6 Å². The van der Waals surface area contributed by atoms with Gasteiger partial charge in [0.05, 0.1) is 30.7 Å². The fourth-order valence-corrected chi connectivity index (χ4v) is 3.15. The standard InChI is InChI=1S/C20H19N3O7/c1-3-30-18(24)12-17-19(25)22(14-8-10-16(29-2)11-9-14)20(26)21(17)13-4-6-15(7-5-13)23(27)28/h4-11,17H,3,12H2,1-2H3. The van der Waals surface area contributed by atoms with Gasteiger partial charge in [-0.15, -0.1) is 0 Å². The lowest BCUT2D eigenvalue weighted by Gasteiger charge is -2.21. The summed E-state index contributed by atoms with van der Waals surface area (Å²) in [5.41, 5.74) is 0.402. The number of nitro groups is 1. The lowest BCUT2D eigenvalue weighted by atomic mass is 10.1. The van der Waals surface area contributed by atoms with Crippen molar-refractivity contribution in [3.05, 3.63) is 58.6 Å². The van der Waals surface area contributed by atoms with Crippen LogP contribution in [-0.2, 0) is 14.3 Å². The molecular formula is C20H19N3O7. The summed E-state index contributed by atoms with van der Waals surface area (Å²) in [5.74, 6) is -0.683. The monoisotopic (exact) mass is 413 g/mol. The van der Waals surface area contributed by atoms with Crippen LogP contribution in [0, 0.1) is 10.1 Å². The lowest BCUT2D eigenvalue weighted by molar-refractivity contribution is -0.384. The van der Waals surface area contributed by atoms with E-state index in [2.05, 4.69) is 0 Å². The molecule has 1 unspecified atom stereocenters. The number of urea groups is 1. The molecule has 156 valence electrons. The Kier molecular flexibility index (Phi) is 5.95. The fourth-order valence-electron chi connectivity index (χ4n) is 3.15. The van der Waals surface area contributed by atoms with Gasteiger partial charge in [0.1, 0.15) is 11.8 Å². The molecule has 1 heterocycles. The summed E-state index contributed by atoms with van der Waals surface area (Å²) < 4.78 is 10.0. The Morgan fingerprint density at radius 1 is 1.07 bits per heavy atom. The summed E-state index contributed by atoms with van der Waals surface area (Å²) in [6.07, 6.45) is -0.345. The number of benzene rings is 2. The van der Waals surface area contributed by atoms with Gasteiger partial charge in [0.15, 0.2) is 0 Å². The maximum atomic E-state index is 13.2. The minimum absolute atomic E-state index is 0.132. The third kappa shape index (κ3) is 3.93. The fraction of sp³-hybridized carbons (Fsp3) is 0.250. The highest BCUT2D eigenvalue weighted by atomic mass is 16.6. The van der Waals surface area contributed by atoms with Crippen LogP contribution >= 0.6 is 0 Å². The Morgan fingerprint density at radius 2 is 1.67 bits per heavy atom. The molecule has 1 aliphatic rings. The molecule has 1 saturated heterocycles. The number of nitro benzene ring substituents is 1. The molecule has 10 nitrogen and oxygen atoms in total. The molecule has 2 aromatic rings. The highest BCUT2D eigenvalue weighted by Gasteiger charge is 2.47. The van der Waals surface area contributed by atoms with E-state index in [1.165, 1.54) is 31.4 Å². The summed E-state index contributed by atoms with van der Waals surface area (Å²) in [4.78, 5) is 50.8. The van der Waals surface area contributed by atoms with E-state index in [-0.39, 0.29) is 24.4 Å². The van der Waals surface area contributed by atoms with E-state index in [9.17, 15) is 24.5 Å². The van der Waals surface area contributed by atoms with E-state index in [0.717, 1.165) is 9.80 Å². The number of ether oxygens (including phenoxy) is 2. The maximum absolute atomic E-state index is 13.2. The second-order valence-electron chi connectivity index (χ2n) is 6.32. The number of carbonyl (C=O) groups is 3. The average Bonchev–Trinajstić information content (AvgIpc) is 2.98. The number of anilines is 2. The van der Waals surface area contributed by atoms with Gasteiger partial charge in [-0.3, -0.25) is 24.6 Å². The second-order valence-corrected chi connectivity index (χ2v) is 6.32. The van der Waals surface area contributed by atoms with Gasteiger partial charge in [-0.1, -0.05) is 0 Å². The molecule has 0 saturated carbocycles. The van der Waals surface area contributed by atoms with E-state index in [4.69, 9.17) is 9.47 Å². The van der Waals surface area contributed by atoms with Crippen LogP contribution < -0.4 is 14.5 Å². The molecule has 1 atom stereocenters. The molecule has 10 heteroatoms. The van der Waals surface area contributed by atoms with Crippen LogP contribution in [0.5, 0.6) is 5.75 Å². The van der Waals surface area contributed by atoms with Crippen LogP contribution in [0.25, 0.3) is 0 Å². The first-order chi connectivity index (χ1) is 14.4. The Bertz CT molecular complexity index is 973. The molecule has 3 rings (SSSR count). The Morgan fingerprint density at radius 3 is 2.20 bits per heavy atom. The zero-order valence-corrected chi connectivity index (χ0v) is 16.3. The Labute approximate surface area is 171 Å². The second kappa shape index (κ2) is 8.60. The third-order valence-corrected chi connectivity index (χ3v) is 4.55. The number of hydrogen-bond donors (Lipinski definition) is 0. The molecule has 0 bridgehead atoms. The molecule has 0 N–H and O–H groups in total. The number of imide groups is 1. The molecule has 1 aliphatic heterocycles. The molecule has 1 fully saturated rings. The Balaban J connectivity index is 1.99. The van der Waals surface area contributed by atoms with Crippen molar-refractivity contribution in [2.24, 2.45) is 0 Å². The Hall–Kier alpha value is -3.95. The minimum Gasteiger partial charge on any atom is -0.497 e. The van der Waals surface area contributed by atoms with Crippen LogP contribution in [0.2, 0.25) is 0 Å². The van der Waals surface area contributed by atoms with Crippen LogP contribution in [0.3, 0.4) is 0 Å². The third-order valence-electron chi connectivity index (χ3n) is 4.55. The predicted molar refractivity (Wildman–Crippen MR) is 106 cm³/mol. The summed E-state index contributed by atoms with van der Waals surface area (Å²) in [7, 11) is 1.49. The molecule has 30 heavy (non-hydrogen) atoms. The van der Waals surface area contributed by atoms with Gasteiger partial charge in [0, 0.05) is 17.8 Å². The zero-order valence-electron chi connectivity index (χ0n) is 16.3. The summed E-state index contributed by atoms with van der Waals surface area (Å²) in [5, 5.41) is 10.9. The largest absolute Gasteiger partial charge is 0.497 e. The predicted octanol–water partition coefficient (Wildman–Crippen LogP) is 2.90. The van der Waals surface area contributed by atoms with Crippen molar-refractivity contribution in [1.82, 2.24) is 0 Å². The quantitative estimate of drug-likeness (QED) is 0.296. The van der Waals surface area contributed by atoms with Gasteiger partial charge in [-0.05, 0) is 43.3 Å². The van der Waals surface area contributed by atoms with Crippen molar-refractivity contribution in [1.29, 1.82) is 0 Å². The first kappa shape index (κ1) is 20.8. The number of amides is 3. The molecule has 2 aromatic carbocycles. The van der Waals surface area contributed by atoms with Gasteiger partial charge < -0.3 is 9.47 Å². The van der Waals surface area contributed by atoms with E-state index in [1.807, 2.05) is 0 Å². The van der Waals surface area contributed by atoms with Crippen molar-refractivity contribution in [2.75, 3.05) is 23.5 Å². The van der Waals surface area contributed by atoms with Gasteiger partial charge in [-0.25, -0.2) is 9.69 Å². The van der Waals surface area contributed by atoms with E-state index < -0.39 is 28.9 Å². The number of methoxy groups -OCH3 is 1. The zero-order chi connectivity index (χ0) is 21.8. The average molecular weight is 413 g/mol. The van der Waals surface area contributed by atoms with Crippen molar-refractivity contribution in [3.8, 4) is 5.75 Å². The van der Waals surface area contributed by atoms with Crippen LogP contribution in [0.15, 0.2) is 48.5 Å².